The summed E-state index contributed by atoms with van der Waals surface area (Å²) in [5.74, 6) is -0.665. The summed E-state index contributed by atoms with van der Waals surface area (Å²) in [6, 6.07) is 27.3. The van der Waals surface area contributed by atoms with Gasteiger partial charge in [0.25, 0.3) is 0 Å². The zero-order chi connectivity index (χ0) is 33.3. The van der Waals surface area contributed by atoms with Crippen molar-refractivity contribution in [1.82, 2.24) is 25.1 Å². The summed E-state index contributed by atoms with van der Waals surface area (Å²) in [6.07, 6.45) is -0.727. The summed E-state index contributed by atoms with van der Waals surface area (Å²) in [5, 5.41) is 8.12. The van der Waals surface area contributed by atoms with Crippen molar-refractivity contribution in [2.24, 2.45) is 0 Å². The molecule has 12 nitrogen and oxygen atoms in total. The van der Waals surface area contributed by atoms with Crippen LogP contribution in [0.15, 0.2) is 97.1 Å². The van der Waals surface area contributed by atoms with Crippen LogP contribution in [-0.2, 0) is 33.7 Å². The number of phosphoric acid groups is 1. The molecule has 2 aliphatic heterocycles. The van der Waals surface area contributed by atoms with E-state index in [0.717, 1.165) is 21.9 Å². The third-order valence-electron chi connectivity index (χ3n) is 8.67. The second-order valence-corrected chi connectivity index (χ2v) is 12.9. The monoisotopic (exact) mass is 679 g/mol. The van der Waals surface area contributed by atoms with E-state index >= 15 is 0 Å². The van der Waals surface area contributed by atoms with Gasteiger partial charge in [-0.25, -0.2) is 14.8 Å². The van der Waals surface area contributed by atoms with E-state index in [1.165, 1.54) is 22.0 Å². The van der Waals surface area contributed by atoms with E-state index in [0.29, 0.717) is 5.56 Å². The molecule has 6 rings (SSSR count). The van der Waals surface area contributed by atoms with Crippen LogP contribution in [0, 0.1) is 0 Å². The molecule has 4 atom stereocenters. The number of piperazine rings is 1. The zero-order valence-electron chi connectivity index (χ0n) is 26.9. The first-order valence-corrected chi connectivity index (χ1v) is 16.7. The molecule has 0 aromatic heterocycles. The van der Waals surface area contributed by atoms with Crippen LogP contribution < -0.4 is 44.3 Å². The van der Waals surface area contributed by atoms with E-state index < -0.39 is 32.1 Å². The molecule has 0 bridgehead atoms. The van der Waals surface area contributed by atoms with E-state index in [9.17, 15) is 23.8 Å². The van der Waals surface area contributed by atoms with Gasteiger partial charge in [0.1, 0.15) is 18.0 Å². The Morgan fingerprint density at radius 2 is 1.62 bits per heavy atom. The molecule has 2 N–H and O–H groups in total. The normalized spacial score (nSPS) is 20.9. The van der Waals surface area contributed by atoms with E-state index in [-0.39, 0.29) is 73.2 Å². The summed E-state index contributed by atoms with van der Waals surface area (Å²) in [6.45, 7) is 2.27. The van der Waals surface area contributed by atoms with Gasteiger partial charge in [0.2, 0.25) is 11.8 Å². The quantitative estimate of drug-likeness (QED) is 0.199. The van der Waals surface area contributed by atoms with Crippen molar-refractivity contribution in [3.8, 4) is 5.75 Å². The van der Waals surface area contributed by atoms with Crippen LogP contribution in [0.4, 0.5) is 4.79 Å². The van der Waals surface area contributed by atoms with Crippen LogP contribution in [0.5, 0.6) is 5.75 Å². The Hall–Kier alpha value is -3.74. The first-order chi connectivity index (χ1) is 22.5. The molecule has 4 aromatic carbocycles. The number of hydrazine groups is 1. The minimum absolute atomic E-state index is 0. The van der Waals surface area contributed by atoms with E-state index in [1.54, 1.807) is 29.1 Å². The first-order valence-electron chi connectivity index (χ1n) is 15.2. The molecule has 48 heavy (non-hydrogen) atoms. The molecule has 14 heteroatoms. The van der Waals surface area contributed by atoms with Crippen molar-refractivity contribution in [2.45, 2.75) is 44.7 Å². The van der Waals surface area contributed by atoms with Crippen molar-refractivity contribution in [1.29, 1.82) is 0 Å². The Labute approximate surface area is 300 Å². The maximum absolute atomic E-state index is 14.5. The number of fused-ring (bicyclic) bond motifs is 2. The second kappa shape index (κ2) is 14.8. The standard InChI is InChI=1S/C34H36N5O7P.Na/c1-23-32-38(31(40)22-36(2)39(32)34(42)35-20-25-9-4-3-5-10-25)30(19-24-15-17-28(18-16-24)46-47(43,44)45)33(41)37(23)21-27-13-8-12-26-11-6-7-14-29(26)27;/h3-18,23,30,32H,19-22H2,1-2H3,(H,35,42)(H2,43,44,45);/q;+1/p-1/t23-,30-,32?;/m0./s1. The average molecular weight is 680 g/mol. The Balaban J connectivity index is 0.00000451. The molecule has 4 amide bonds. The molecule has 2 aliphatic rings. The van der Waals surface area contributed by atoms with Crippen LogP contribution in [0.2, 0.25) is 0 Å². The van der Waals surface area contributed by atoms with Gasteiger partial charge < -0.3 is 29.4 Å². The molecule has 0 saturated carbocycles. The maximum Gasteiger partial charge on any atom is 1.00 e. The third-order valence-corrected chi connectivity index (χ3v) is 9.11. The molecule has 2 fully saturated rings. The summed E-state index contributed by atoms with van der Waals surface area (Å²) in [4.78, 5) is 65.6. The first kappa shape index (κ1) is 35.6. The van der Waals surface area contributed by atoms with Crippen LogP contribution in [0.1, 0.15) is 23.6 Å². The fourth-order valence-electron chi connectivity index (χ4n) is 6.48. The number of nitrogens with one attached hydrogen (secondary N) is 1. The van der Waals surface area contributed by atoms with Crippen molar-refractivity contribution in [3.63, 3.8) is 0 Å². The van der Waals surface area contributed by atoms with E-state index in [4.69, 9.17) is 4.89 Å². The number of benzene rings is 4. The van der Waals surface area contributed by atoms with Crippen LogP contribution in [0.3, 0.4) is 0 Å². The largest absolute Gasteiger partial charge is 1.00 e. The second-order valence-electron chi connectivity index (χ2n) is 11.8. The number of carbonyl (C=O) groups is 3. The SMILES string of the molecule is C[C@H]1C2N(C(=O)CN(C)N2C(=O)NCc2ccccc2)[C@@H](Cc2ccc(OP(=O)([O-])O)cc2)C(=O)N1Cc1cccc2ccccc12.[Na+]. The van der Waals surface area contributed by atoms with Gasteiger partial charge in [0.15, 0.2) is 0 Å². The molecule has 0 radical (unpaired) electrons. The van der Waals surface area contributed by atoms with Gasteiger partial charge in [-0.1, -0.05) is 84.9 Å². The van der Waals surface area contributed by atoms with Gasteiger partial charge >= 0.3 is 43.4 Å². The average Bonchev–Trinajstić information content (AvgIpc) is 3.04. The predicted molar refractivity (Wildman–Crippen MR) is 172 cm³/mol. The molecular weight excluding hydrogens is 644 g/mol. The summed E-state index contributed by atoms with van der Waals surface area (Å²) in [7, 11) is -3.32. The number of phosphoric ester groups is 1. The minimum Gasteiger partial charge on any atom is -0.746 e. The van der Waals surface area contributed by atoms with Gasteiger partial charge in [0.05, 0.1) is 12.6 Å². The number of urea groups is 1. The van der Waals surface area contributed by atoms with Gasteiger partial charge in [0, 0.05) is 26.6 Å². The fourth-order valence-corrected chi connectivity index (χ4v) is 6.87. The third kappa shape index (κ3) is 7.61. The van der Waals surface area contributed by atoms with Gasteiger partial charge in [-0.3, -0.25) is 14.2 Å². The molecule has 4 aromatic rings. The van der Waals surface area contributed by atoms with E-state index in [1.807, 2.05) is 79.7 Å². The summed E-state index contributed by atoms with van der Waals surface area (Å²) < 4.78 is 15.8. The number of likely N-dealkylation sites (N-methyl/N-ethyl adjacent to an activating group) is 1. The molecule has 2 unspecified atom stereocenters. The molecule has 2 saturated heterocycles. The van der Waals surface area contributed by atoms with Gasteiger partial charge in [-0.2, -0.15) is 0 Å². The van der Waals surface area contributed by atoms with Gasteiger partial charge in [-0.15, -0.1) is 0 Å². The number of carbonyl (C=O) groups excluding carboxylic acids is 3. The minimum atomic E-state index is -5.00. The molecule has 244 valence electrons. The van der Waals surface area contributed by atoms with Crippen molar-refractivity contribution in [2.75, 3.05) is 13.6 Å². The Bertz CT molecular complexity index is 1840. The van der Waals surface area contributed by atoms with Crippen molar-refractivity contribution < 1.29 is 62.8 Å². The summed E-state index contributed by atoms with van der Waals surface area (Å²) in [5.41, 5.74) is 2.47. The zero-order valence-corrected chi connectivity index (χ0v) is 29.8. The Morgan fingerprint density at radius 3 is 2.33 bits per heavy atom. The number of rotatable bonds is 8. The molecule has 2 heterocycles. The van der Waals surface area contributed by atoms with Crippen LogP contribution in [-0.4, -0.2) is 74.4 Å². The number of hydrogen-bond acceptors (Lipinski definition) is 7. The van der Waals surface area contributed by atoms with Gasteiger partial charge in [-0.05, 0) is 46.5 Å². The maximum atomic E-state index is 14.5. The Morgan fingerprint density at radius 1 is 0.958 bits per heavy atom. The van der Waals surface area contributed by atoms with Crippen LogP contribution >= 0.6 is 7.82 Å². The number of amides is 4. The summed E-state index contributed by atoms with van der Waals surface area (Å²) >= 11 is 0. The van der Waals surface area contributed by atoms with Crippen molar-refractivity contribution in [3.05, 3.63) is 114 Å². The molecule has 0 spiro atoms. The molecular formula is C34H35N5NaO7P. The number of hydrogen-bond donors (Lipinski definition) is 2. The molecule has 0 aliphatic carbocycles. The smallest absolute Gasteiger partial charge is 0.746 e. The topological polar surface area (TPSA) is 146 Å². The van der Waals surface area contributed by atoms with E-state index in [2.05, 4.69) is 9.84 Å². The number of nitrogens with zero attached hydrogens (tertiary/aromatic N) is 4. The Kier molecular flexibility index (Phi) is 11.0. The van der Waals surface area contributed by atoms with Crippen molar-refractivity contribution >= 4 is 36.4 Å². The predicted octanol–water partition coefficient (Wildman–Crippen LogP) is 0.252. The van der Waals surface area contributed by atoms with Crippen LogP contribution in [0.25, 0.3) is 10.8 Å². The fraction of sp³-hybridized carbons (Fsp3) is 0.265.